The van der Waals surface area contributed by atoms with E-state index in [2.05, 4.69) is 21.2 Å². The molecule has 1 amide bonds. The van der Waals surface area contributed by atoms with Crippen LogP contribution in [0.4, 0.5) is 5.69 Å². The third-order valence-corrected chi connectivity index (χ3v) is 6.92. The topological polar surface area (TPSA) is 75.7 Å². The van der Waals surface area contributed by atoms with E-state index in [0.29, 0.717) is 25.4 Å². The molecule has 1 N–H and O–H groups in total. The number of carbonyl (C=O) groups excluding carboxylic acids is 1. The van der Waals surface area contributed by atoms with Crippen molar-refractivity contribution in [2.75, 3.05) is 25.0 Å². The molecule has 0 aliphatic carbocycles. The Bertz CT molecular complexity index is 940. The summed E-state index contributed by atoms with van der Waals surface area (Å²) in [4.78, 5) is 12.7. The molecule has 0 saturated carbocycles. The quantitative estimate of drug-likeness (QED) is 0.721. The van der Waals surface area contributed by atoms with E-state index in [4.69, 9.17) is 4.74 Å². The van der Waals surface area contributed by atoms with Gasteiger partial charge in [0.25, 0.3) is 5.91 Å². The number of sulfonamides is 1. The molecule has 27 heavy (non-hydrogen) atoms. The first-order chi connectivity index (χ1) is 12.9. The molecule has 0 spiro atoms. The van der Waals surface area contributed by atoms with E-state index in [9.17, 15) is 13.2 Å². The Hall–Kier alpha value is -1.90. The van der Waals surface area contributed by atoms with Gasteiger partial charge < -0.3 is 10.1 Å². The lowest BCUT2D eigenvalue weighted by Crippen LogP contribution is -2.28. The summed E-state index contributed by atoms with van der Waals surface area (Å²) in [6.07, 6.45) is 1.68. The van der Waals surface area contributed by atoms with E-state index < -0.39 is 10.0 Å². The Morgan fingerprint density at radius 3 is 2.56 bits per heavy atom. The van der Waals surface area contributed by atoms with Crippen LogP contribution in [0.5, 0.6) is 5.75 Å². The monoisotopic (exact) mass is 452 g/mol. The summed E-state index contributed by atoms with van der Waals surface area (Å²) in [6, 6.07) is 11.7. The van der Waals surface area contributed by atoms with Crippen LogP contribution in [0.3, 0.4) is 0 Å². The fourth-order valence-corrected chi connectivity index (χ4v) is 5.01. The van der Waals surface area contributed by atoms with Crippen LogP contribution in [-0.4, -0.2) is 38.3 Å². The first kappa shape index (κ1) is 19.9. The second-order valence-electron chi connectivity index (χ2n) is 6.14. The SMILES string of the molecule is CCOc1ccc(C(=O)Nc2ccccc2Br)cc1S(=O)(=O)N1CCCC1. The maximum Gasteiger partial charge on any atom is 0.255 e. The van der Waals surface area contributed by atoms with Crippen LogP contribution in [0.15, 0.2) is 51.8 Å². The van der Waals surface area contributed by atoms with Gasteiger partial charge in [-0.3, -0.25) is 4.79 Å². The number of hydrogen-bond donors (Lipinski definition) is 1. The highest BCUT2D eigenvalue weighted by Crippen LogP contribution is 2.31. The van der Waals surface area contributed by atoms with Gasteiger partial charge in [-0.2, -0.15) is 4.31 Å². The van der Waals surface area contributed by atoms with Crippen molar-refractivity contribution in [2.45, 2.75) is 24.7 Å². The molecule has 6 nitrogen and oxygen atoms in total. The smallest absolute Gasteiger partial charge is 0.255 e. The van der Waals surface area contributed by atoms with Crippen molar-refractivity contribution in [1.29, 1.82) is 0 Å². The summed E-state index contributed by atoms with van der Waals surface area (Å²) in [5.74, 6) is -0.121. The number of carbonyl (C=O) groups is 1. The zero-order valence-corrected chi connectivity index (χ0v) is 17.3. The minimum Gasteiger partial charge on any atom is -0.492 e. The van der Waals surface area contributed by atoms with E-state index in [-0.39, 0.29) is 22.1 Å². The first-order valence-electron chi connectivity index (χ1n) is 8.76. The average molecular weight is 453 g/mol. The molecule has 1 fully saturated rings. The van der Waals surface area contributed by atoms with Gasteiger partial charge in [-0.05, 0) is 66.0 Å². The van der Waals surface area contributed by atoms with Crippen molar-refractivity contribution in [3.8, 4) is 5.75 Å². The number of nitrogens with one attached hydrogen (secondary N) is 1. The van der Waals surface area contributed by atoms with Gasteiger partial charge in [0.1, 0.15) is 10.6 Å². The van der Waals surface area contributed by atoms with Gasteiger partial charge in [0.05, 0.1) is 12.3 Å². The zero-order chi connectivity index (χ0) is 19.4. The molecule has 0 atom stereocenters. The summed E-state index contributed by atoms with van der Waals surface area (Å²) in [5.41, 5.74) is 0.868. The highest BCUT2D eigenvalue weighted by atomic mass is 79.9. The van der Waals surface area contributed by atoms with Gasteiger partial charge in [-0.25, -0.2) is 8.42 Å². The van der Waals surface area contributed by atoms with Crippen LogP contribution < -0.4 is 10.1 Å². The molecule has 8 heteroatoms. The maximum absolute atomic E-state index is 13.0. The number of benzene rings is 2. The van der Waals surface area contributed by atoms with E-state index in [1.165, 1.54) is 10.4 Å². The number of rotatable bonds is 6. The summed E-state index contributed by atoms with van der Waals surface area (Å²) in [7, 11) is -3.71. The molecule has 1 aliphatic heterocycles. The fraction of sp³-hybridized carbons (Fsp3) is 0.316. The van der Waals surface area contributed by atoms with Crippen LogP contribution >= 0.6 is 15.9 Å². The van der Waals surface area contributed by atoms with Crippen LogP contribution in [0, 0.1) is 0 Å². The lowest BCUT2D eigenvalue weighted by molar-refractivity contribution is 0.102. The lowest BCUT2D eigenvalue weighted by Gasteiger charge is -2.19. The van der Waals surface area contributed by atoms with Crippen LogP contribution in [-0.2, 0) is 10.0 Å². The Balaban J connectivity index is 1.95. The standard InChI is InChI=1S/C19H21BrN2O4S/c1-2-26-17-10-9-14(19(23)21-16-8-4-3-7-15(16)20)13-18(17)27(24,25)22-11-5-6-12-22/h3-4,7-10,13H,2,5-6,11-12H2,1H3,(H,21,23). The summed E-state index contributed by atoms with van der Waals surface area (Å²) in [5, 5.41) is 2.79. The number of anilines is 1. The number of para-hydroxylation sites is 1. The third-order valence-electron chi connectivity index (χ3n) is 4.31. The third kappa shape index (κ3) is 4.34. The van der Waals surface area contributed by atoms with Gasteiger partial charge >= 0.3 is 0 Å². The molecule has 2 aromatic rings. The number of ether oxygens (including phenoxy) is 1. The highest BCUT2D eigenvalue weighted by Gasteiger charge is 2.30. The molecule has 3 rings (SSSR count). The van der Waals surface area contributed by atoms with Gasteiger partial charge in [0.15, 0.2) is 0 Å². The predicted molar refractivity (Wildman–Crippen MR) is 108 cm³/mol. The van der Waals surface area contributed by atoms with Crippen molar-refractivity contribution < 1.29 is 17.9 Å². The second-order valence-corrected chi connectivity index (χ2v) is 8.90. The number of hydrogen-bond acceptors (Lipinski definition) is 4. The second kappa shape index (κ2) is 8.41. The molecular weight excluding hydrogens is 432 g/mol. The Labute approximate surface area is 167 Å². The van der Waals surface area contributed by atoms with Gasteiger partial charge in [-0.1, -0.05) is 12.1 Å². The molecule has 144 valence electrons. The Kier molecular flexibility index (Phi) is 6.18. The van der Waals surface area contributed by atoms with Crippen molar-refractivity contribution >= 4 is 37.5 Å². The first-order valence-corrected chi connectivity index (χ1v) is 11.0. The summed E-state index contributed by atoms with van der Waals surface area (Å²) < 4.78 is 33.7. The summed E-state index contributed by atoms with van der Waals surface area (Å²) >= 11 is 3.38. The van der Waals surface area contributed by atoms with E-state index in [1.54, 1.807) is 25.1 Å². The van der Waals surface area contributed by atoms with E-state index in [1.807, 2.05) is 18.2 Å². The van der Waals surface area contributed by atoms with Crippen LogP contribution in [0.25, 0.3) is 0 Å². The van der Waals surface area contributed by atoms with E-state index >= 15 is 0 Å². The minimum absolute atomic E-state index is 0.0334. The molecule has 1 heterocycles. The number of nitrogens with zero attached hydrogens (tertiary/aromatic N) is 1. The highest BCUT2D eigenvalue weighted by molar-refractivity contribution is 9.10. The van der Waals surface area contributed by atoms with Gasteiger partial charge in [-0.15, -0.1) is 0 Å². The predicted octanol–water partition coefficient (Wildman–Crippen LogP) is 3.88. The largest absolute Gasteiger partial charge is 0.492 e. The van der Waals surface area contributed by atoms with Crippen molar-refractivity contribution in [2.24, 2.45) is 0 Å². The van der Waals surface area contributed by atoms with E-state index in [0.717, 1.165) is 17.3 Å². The minimum atomic E-state index is -3.71. The molecule has 0 unspecified atom stereocenters. The molecular formula is C19H21BrN2O4S. The van der Waals surface area contributed by atoms with Crippen molar-refractivity contribution in [3.05, 3.63) is 52.5 Å². The van der Waals surface area contributed by atoms with Crippen LogP contribution in [0.2, 0.25) is 0 Å². The van der Waals surface area contributed by atoms with Gasteiger partial charge in [0, 0.05) is 23.1 Å². The fourth-order valence-electron chi connectivity index (χ4n) is 2.95. The molecule has 0 aromatic heterocycles. The molecule has 0 radical (unpaired) electrons. The molecule has 1 aliphatic rings. The van der Waals surface area contributed by atoms with Crippen LogP contribution in [0.1, 0.15) is 30.1 Å². The van der Waals surface area contributed by atoms with Crippen molar-refractivity contribution in [3.63, 3.8) is 0 Å². The number of halogens is 1. The number of amides is 1. The molecule has 2 aromatic carbocycles. The average Bonchev–Trinajstić information content (AvgIpc) is 3.19. The normalized spacial score (nSPS) is 14.9. The Morgan fingerprint density at radius 1 is 1.19 bits per heavy atom. The molecule has 0 bridgehead atoms. The Morgan fingerprint density at radius 2 is 1.89 bits per heavy atom. The molecule has 1 saturated heterocycles. The maximum atomic E-state index is 13.0. The van der Waals surface area contributed by atoms with Crippen molar-refractivity contribution in [1.82, 2.24) is 4.31 Å². The zero-order valence-electron chi connectivity index (χ0n) is 14.9. The lowest BCUT2D eigenvalue weighted by atomic mass is 10.2. The van der Waals surface area contributed by atoms with Gasteiger partial charge in [0.2, 0.25) is 10.0 Å². The summed E-state index contributed by atoms with van der Waals surface area (Å²) in [6.45, 7) is 3.10.